The lowest BCUT2D eigenvalue weighted by molar-refractivity contribution is 0.272. The second-order valence-electron chi connectivity index (χ2n) is 4.19. The van der Waals surface area contributed by atoms with Gasteiger partial charge in [-0.3, -0.25) is 9.36 Å². The van der Waals surface area contributed by atoms with Crippen LogP contribution < -0.4 is 10.3 Å². The zero-order valence-corrected chi connectivity index (χ0v) is 12.6. The van der Waals surface area contributed by atoms with Crippen molar-refractivity contribution in [1.29, 1.82) is 0 Å². The fraction of sp³-hybridized carbons (Fsp3) is 0.462. The van der Waals surface area contributed by atoms with E-state index in [0.717, 1.165) is 12.8 Å². The minimum atomic E-state index is -0.113. The molecule has 2 aromatic rings. The highest BCUT2D eigenvalue weighted by Crippen LogP contribution is 2.19. The van der Waals surface area contributed by atoms with E-state index in [4.69, 9.17) is 4.74 Å². The largest absolute Gasteiger partial charge is 0.465 e. The van der Waals surface area contributed by atoms with Crippen LogP contribution in [0.5, 0.6) is 6.01 Å². The number of fused-ring (bicyclic) bond motifs is 1. The highest BCUT2D eigenvalue weighted by molar-refractivity contribution is 9.10. The van der Waals surface area contributed by atoms with Crippen LogP contribution in [0.1, 0.15) is 26.7 Å². The van der Waals surface area contributed by atoms with Crippen molar-refractivity contribution in [2.24, 2.45) is 0 Å². The van der Waals surface area contributed by atoms with Gasteiger partial charge in [0, 0.05) is 17.2 Å². The van der Waals surface area contributed by atoms with Crippen molar-refractivity contribution in [3.05, 3.63) is 27.1 Å². The van der Waals surface area contributed by atoms with Crippen molar-refractivity contribution in [3.8, 4) is 6.01 Å². The molecule has 0 amide bonds. The maximum Gasteiger partial charge on any atom is 0.301 e. The second kappa shape index (κ2) is 6.14. The van der Waals surface area contributed by atoms with Crippen molar-refractivity contribution in [2.75, 3.05) is 6.61 Å². The molecule has 102 valence electrons. The van der Waals surface area contributed by atoms with Gasteiger partial charge < -0.3 is 4.74 Å². The number of hydrogen-bond acceptors (Lipinski definition) is 4. The topological polar surface area (TPSA) is 57.0 Å². The van der Waals surface area contributed by atoms with Gasteiger partial charge in [-0.15, -0.1) is 0 Å². The average Bonchev–Trinajstić information content (AvgIpc) is 2.40. The van der Waals surface area contributed by atoms with Gasteiger partial charge in [-0.25, -0.2) is 4.98 Å². The summed E-state index contributed by atoms with van der Waals surface area (Å²) in [4.78, 5) is 21.0. The molecule has 0 N–H and O–H groups in total. The summed E-state index contributed by atoms with van der Waals surface area (Å²) >= 11 is 3.38. The van der Waals surface area contributed by atoms with Crippen LogP contribution >= 0.6 is 15.9 Å². The maximum atomic E-state index is 12.5. The third kappa shape index (κ3) is 2.78. The van der Waals surface area contributed by atoms with E-state index in [2.05, 4.69) is 25.9 Å². The van der Waals surface area contributed by atoms with Crippen LogP contribution in [0.4, 0.5) is 0 Å². The molecule has 0 saturated heterocycles. The Balaban J connectivity index is 2.67. The van der Waals surface area contributed by atoms with Crippen molar-refractivity contribution in [2.45, 2.75) is 33.2 Å². The fourth-order valence-electron chi connectivity index (χ4n) is 1.81. The molecule has 0 saturated carbocycles. The van der Waals surface area contributed by atoms with E-state index >= 15 is 0 Å². The third-order valence-corrected chi connectivity index (χ3v) is 3.31. The van der Waals surface area contributed by atoms with Crippen LogP contribution in [0.15, 0.2) is 21.5 Å². The minimum Gasteiger partial charge on any atom is -0.465 e. The SMILES string of the molecule is CCCOc1nc2nccc(Br)c2c(=O)n1CCC. The summed E-state index contributed by atoms with van der Waals surface area (Å²) in [6.07, 6.45) is 3.33. The maximum absolute atomic E-state index is 12.5. The molecule has 0 aromatic carbocycles. The number of rotatable bonds is 5. The van der Waals surface area contributed by atoms with E-state index in [1.807, 2.05) is 13.8 Å². The molecule has 5 nitrogen and oxygen atoms in total. The van der Waals surface area contributed by atoms with Gasteiger partial charge in [0.1, 0.15) is 0 Å². The average molecular weight is 326 g/mol. The van der Waals surface area contributed by atoms with Crippen molar-refractivity contribution < 1.29 is 4.74 Å². The monoisotopic (exact) mass is 325 g/mol. The Morgan fingerprint density at radius 2 is 2.16 bits per heavy atom. The van der Waals surface area contributed by atoms with Crippen LogP contribution in [0, 0.1) is 0 Å². The number of hydrogen-bond donors (Lipinski definition) is 0. The van der Waals surface area contributed by atoms with Crippen LogP contribution in [-0.4, -0.2) is 21.1 Å². The van der Waals surface area contributed by atoms with Gasteiger partial charge in [-0.05, 0) is 34.8 Å². The van der Waals surface area contributed by atoms with Gasteiger partial charge in [0.05, 0.1) is 12.0 Å². The predicted molar refractivity (Wildman–Crippen MR) is 77.6 cm³/mol. The molecule has 0 spiro atoms. The molecular formula is C13H16BrN3O2. The van der Waals surface area contributed by atoms with Crippen LogP contribution in [0.2, 0.25) is 0 Å². The molecule has 2 rings (SSSR count). The van der Waals surface area contributed by atoms with E-state index in [0.29, 0.717) is 34.7 Å². The van der Waals surface area contributed by atoms with E-state index in [1.54, 1.807) is 16.8 Å². The van der Waals surface area contributed by atoms with Gasteiger partial charge in [0.25, 0.3) is 5.56 Å². The smallest absolute Gasteiger partial charge is 0.301 e. The molecule has 0 aliphatic carbocycles. The Morgan fingerprint density at radius 1 is 1.37 bits per heavy atom. The van der Waals surface area contributed by atoms with E-state index < -0.39 is 0 Å². The zero-order chi connectivity index (χ0) is 13.8. The van der Waals surface area contributed by atoms with Gasteiger partial charge in [-0.1, -0.05) is 13.8 Å². The van der Waals surface area contributed by atoms with Crippen molar-refractivity contribution >= 4 is 27.0 Å². The molecule has 0 unspecified atom stereocenters. The molecule has 19 heavy (non-hydrogen) atoms. The van der Waals surface area contributed by atoms with Gasteiger partial charge >= 0.3 is 6.01 Å². The lowest BCUT2D eigenvalue weighted by Gasteiger charge is -2.12. The quantitative estimate of drug-likeness (QED) is 0.848. The molecule has 0 radical (unpaired) electrons. The Labute approximate surface area is 119 Å². The van der Waals surface area contributed by atoms with Gasteiger partial charge in [-0.2, -0.15) is 4.98 Å². The first kappa shape index (κ1) is 14.0. The summed E-state index contributed by atoms with van der Waals surface area (Å²) in [5.74, 6) is 0. The number of aromatic nitrogens is 3. The van der Waals surface area contributed by atoms with Crippen molar-refractivity contribution in [3.63, 3.8) is 0 Å². The number of nitrogens with zero attached hydrogens (tertiary/aromatic N) is 3. The van der Waals surface area contributed by atoms with E-state index in [9.17, 15) is 4.79 Å². The third-order valence-electron chi connectivity index (χ3n) is 2.65. The Hall–Kier alpha value is -1.43. The number of pyridine rings is 1. The summed E-state index contributed by atoms with van der Waals surface area (Å²) in [6.45, 7) is 5.15. The summed E-state index contributed by atoms with van der Waals surface area (Å²) in [5, 5.41) is 0.500. The molecule has 0 aliphatic rings. The molecule has 0 bridgehead atoms. The summed E-state index contributed by atoms with van der Waals surface area (Å²) in [7, 11) is 0. The molecule has 0 atom stereocenters. The number of halogens is 1. The first-order valence-electron chi connectivity index (χ1n) is 6.36. The Morgan fingerprint density at radius 3 is 2.84 bits per heavy atom. The molecule has 0 fully saturated rings. The minimum absolute atomic E-state index is 0.113. The second-order valence-corrected chi connectivity index (χ2v) is 5.05. The Bertz CT molecular complexity index is 640. The highest BCUT2D eigenvalue weighted by Gasteiger charge is 2.14. The van der Waals surface area contributed by atoms with Gasteiger partial charge in [0.2, 0.25) is 0 Å². The summed E-state index contributed by atoms with van der Waals surface area (Å²) in [6, 6.07) is 2.10. The van der Waals surface area contributed by atoms with Crippen molar-refractivity contribution in [1.82, 2.24) is 14.5 Å². The molecular weight excluding hydrogens is 310 g/mol. The first-order chi connectivity index (χ1) is 9.19. The van der Waals surface area contributed by atoms with Crippen LogP contribution in [-0.2, 0) is 6.54 Å². The van der Waals surface area contributed by atoms with Crippen LogP contribution in [0.3, 0.4) is 0 Å². The molecule has 0 aliphatic heterocycles. The molecule has 2 aromatic heterocycles. The molecule has 2 heterocycles. The standard InChI is InChI=1S/C13H16BrN3O2/c1-3-7-17-12(18)10-9(14)5-6-15-11(10)16-13(17)19-8-4-2/h5-6H,3-4,7-8H2,1-2H3. The first-order valence-corrected chi connectivity index (χ1v) is 7.16. The molecule has 6 heteroatoms. The van der Waals surface area contributed by atoms with E-state index in [-0.39, 0.29) is 5.56 Å². The lowest BCUT2D eigenvalue weighted by atomic mass is 10.3. The number of ether oxygens (including phenoxy) is 1. The van der Waals surface area contributed by atoms with Gasteiger partial charge in [0.15, 0.2) is 5.65 Å². The fourth-order valence-corrected chi connectivity index (χ4v) is 2.27. The Kier molecular flexibility index (Phi) is 4.52. The van der Waals surface area contributed by atoms with Crippen LogP contribution in [0.25, 0.3) is 11.0 Å². The zero-order valence-electron chi connectivity index (χ0n) is 11.0. The summed E-state index contributed by atoms with van der Waals surface area (Å²) < 4.78 is 7.85. The lowest BCUT2D eigenvalue weighted by Crippen LogP contribution is -2.24. The summed E-state index contributed by atoms with van der Waals surface area (Å²) in [5.41, 5.74) is 0.302. The van der Waals surface area contributed by atoms with E-state index in [1.165, 1.54) is 0 Å². The normalized spacial score (nSPS) is 10.9. The highest BCUT2D eigenvalue weighted by atomic mass is 79.9. The predicted octanol–water partition coefficient (Wildman–Crippen LogP) is 2.75.